The van der Waals surface area contributed by atoms with Crippen LogP contribution in [0.4, 0.5) is 0 Å². The molecule has 31 heavy (non-hydrogen) atoms. The van der Waals surface area contributed by atoms with E-state index < -0.39 is 5.97 Å². The number of nitrogens with zero attached hydrogens (tertiary/aromatic N) is 1. The molecule has 7 heteroatoms. The van der Waals surface area contributed by atoms with Gasteiger partial charge in [-0.25, -0.2) is 4.79 Å². The van der Waals surface area contributed by atoms with Gasteiger partial charge >= 0.3 is 5.97 Å². The number of rotatable bonds is 7. The quantitative estimate of drug-likeness (QED) is 0.318. The Morgan fingerprint density at radius 2 is 1.65 bits per heavy atom. The maximum Gasteiger partial charge on any atom is 0.343 e. The standard InChI is InChI=1S/C24H21NO6/c1-27-20-7-5-4-6-15(20)12-19-18-10-9-17(14-22(18)31-25-19)30-24(26)16-8-11-21(28-2)23(13-16)29-3/h4-11,13-14H,12H2,1-3H3. The van der Waals surface area contributed by atoms with Crippen LogP contribution < -0.4 is 18.9 Å². The zero-order chi connectivity index (χ0) is 21.8. The summed E-state index contributed by atoms with van der Waals surface area (Å²) >= 11 is 0. The van der Waals surface area contributed by atoms with Crippen LogP contribution in [-0.4, -0.2) is 32.5 Å². The van der Waals surface area contributed by atoms with E-state index in [0.29, 0.717) is 34.8 Å². The second-order valence-corrected chi connectivity index (χ2v) is 6.74. The number of carbonyl (C=O) groups excluding carboxylic acids is 1. The van der Waals surface area contributed by atoms with Gasteiger partial charge in [-0.1, -0.05) is 23.4 Å². The Labute approximate surface area is 179 Å². The van der Waals surface area contributed by atoms with Crippen molar-refractivity contribution >= 4 is 16.9 Å². The molecular formula is C24H21NO6. The molecule has 0 aliphatic rings. The van der Waals surface area contributed by atoms with E-state index in [0.717, 1.165) is 22.4 Å². The molecule has 158 valence electrons. The van der Waals surface area contributed by atoms with Gasteiger partial charge in [0.15, 0.2) is 17.1 Å². The van der Waals surface area contributed by atoms with Crippen LogP contribution in [0.5, 0.6) is 23.0 Å². The Bertz CT molecular complexity index is 1230. The summed E-state index contributed by atoms with van der Waals surface area (Å²) in [4.78, 5) is 12.6. The molecule has 0 N–H and O–H groups in total. The van der Waals surface area contributed by atoms with Crippen LogP contribution in [-0.2, 0) is 6.42 Å². The van der Waals surface area contributed by atoms with Gasteiger partial charge in [0.25, 0.3) is 0 Å². The average molecular weight is 419 g/mol. The Morgan fingerprint density at radius 1 is 0.871 bits per heavy atom. The van der Waals surface area contributed by atoms with E-state index >= 15 is 0 Å². The number of aromatic nitrogens is 1. The highest BCUT2D eigenvalue weighted by Gasteiger charge is 2.16. The van der Waals surface area contributed by atoms with E-state index in [2.05, 4.69) is 5.16 Å². The van der Waals surface area contributed by atoms with E-state index in [-0.39, 0.29) is 0 Å². The van der Waals surface area contributed by atoms with Crippen LogP contribution in [0.2, 0.25) is 0 Å². The molecule has 0 radical (unpaired) electrons. The first-order chi connectivity index (χ1) is 15.1. The first-order valence-corrected chi connectivity index (χ1v) is 9.57. The number of benzene rings is 3. The Balaban J connectivity index is 1.55. The molecule has 0 saturated carbocycles. The van der Waals surface area contributed by atoms with Crippen LogP contribution in [0.3, 0.4) is 0 Å². The lowest BCUT2D eigenvalue weighted by atomic mass is 10.1. The number of methoxy groups -OCH3 is 3. The number of esters is 1. The second-order valence-electron chi connectivity index (χ2n) is 6.74. The zero-order valence-corrected chi connectivity index (χ0v) is 17.4. The number of hydrogen-bond donors (Lipinski definition) is 0. The summed E-state index contributed by atoms with van der Waals surface area (Å²) in [5.74, 6) is 1.61. The predicted octanol–water partition coefficient (Wildman–Crippen LogP) is 4.66. The molecule has 4 aromatic rings. The molecule has 3 aromatic carbocycles. The minimum absolute atomic E-state index is 0.340. The second kappa shape index (κ2) is 8.79. The van der Waals surface area contributed by atoms with Crippen molar-refractivity contribution in [2.75, 3.05) is 21.3 Å². The van der Waals surface area contributed by atoms with Crippen LogP contribution >= 0.6 is 0 Å². The van der Waals surface area contributed by atoms with E-state index in [1.165, 1.54) is 14.2 Å². The van der Waals surface area contributed by atoms with Crippen molar-refractivity contribution in [3.63, 3.8) is 0 Å². The normalized spacial score (nSPS) is 10.7. The molecule has 0 aliphatic heterocycles. The van der Waals surface area contributed by atoms with Gasteiger partial charge in [-0.3, -0.25) is 0 Å². The van der Waals surface area contributed by atoms with Crippen LogP contribution in [0.15, 0.2) is 65.2 Å². The van der Waals surface area contributed by atoms with Crippen molar-refractivity contribution in [2.45, 2.75) is 6.42 Å². The van der Waals surface area contributed by atoms with Gasteiger partial charge in [0, 0.05) is 23.4 Å². The molecule has 4 rings (SSSR count). The number of hydrogen-bond acceptors (Lipinski definition) is 7. The minimum atomic E-state index is -0.519. The molecule has 0 aliphatic carbocycles. The molecule has 0 amide bonds. The molecule has 0 saturated heterocycles. The maximum atomic E-state index is 12.6. The van der Waals surface area contributed by atoms with Gasteiger partial charge in [0.05, 0.1) is 32.6 Å². The number of carbonyl (C=O) groups is 1. The Morgan fingerprint density at radius 3 is 2.42 bits per heavy atom. The lowest BCUT2D eigenvalue weighted by Gasteiger charge is -2.09. The van der Waals surface area contributed by atoms with Crippen molar-refractivity contribution in [3.05, 3.63) is 77.5 Å². The highest BCUT2D eigenvalue weighted by Crippen LogP contribution is 2.30. The van der Waals surface area contributed by atoms with Crippen LogP contribution in [0.1, 0.15) is 21.6 Å². The lowest BCUT2D eigenvalue weighted by molar-refractivity contribution is 0.0734. The molecule has 0 unspecified atom stereocenters. The van der Waals surface area contributed by atoms with E-state index in [9.17, 15) is 4.79 Å². The van der Waals surface area contributed by atoms with Crippen molar-refractivity contribution in [1.82, 2.24) is 5.16 Å². The molecule has 0 bridgehead atoms. The fourth-order valence-electron chi connectivity index (χ4n) is 3.32. The Kier molecular flexibility index (Phi) is 5.75. The van der Waals surface area contributed by atoms with Crippen molar-refractivity contribution in [1.29, 1.82) is 0 Å². The Hall–Kier alpha value is -4.00. The molecule has 0 fully saturated rings. The first kappa shape index (κ1) is 20.3. The highest BCUT2D eigenvalue weighted by molar-refractivity contribution is 5.92. The zero-order valence-electron chi connectivity index (χ0n) is 17.4. The van der Waals surface area contributed by atoms with Gasteiger partial charge in [0.2, 0.25) is 0 Å². The highest BCUT2D eigenvalue weighted by atomic mass is 16.5. The molecule has 0 atom stereocenters. The predicted molar refractivity (Wildman–Crippen MR) is 114 cm³/mol. The fourth-order valence-corrected chi connectivity index (χ4v) is 3.32. The molecule has 0 spiro atoms. The molecule has 1 heterocycles. The summed E-state index contributed by atoms with van der Waals surface area (Å²) in [6.45, 7) is 0. The summed E-state index contributed by atoms with van der Waals surface area (Å²) in [5, 5.41) is 5.03. The third-order valence-electron chi connectivity index (χ3n) is 4.90. The van der Waals surface area contributed by atoms with Gasteiger partial charge in [-0.15, -0.1) is 0 Å². The van der Waals surface area contributed by atoms with Gasteiger partial charge in [-0.05, 0) is 36.4 Å². The number of para-hydroxylation sites is 1. The minimum Gasteiger partial charge on any atom is -0.496 e. The van der Waals surface area contributed by atoms with E-state index in [1.54, 1.807) is 37.4 Å². The third-order valence-corrected chi connectivity index (χ3v) is 4.90. The lowest BCUT2D eigenvalue weighted by Crippen LogP contribution is -2.08. The fraction of sp³-hybridized carbons (Fsp3) is 0.167. The van der Waals surface area contributed by atoms with E-state index in [1.807, 2.05) is 30.3 Å². The van der Waals surface area contributed by atoms with Crippen molar-refractivity contribution < 1.29 is 28.3 Å². The number of ether oxygens (including phenoxy) is 4. The average Bonchev–Trinajstić information content (AvgIpc) is 3.20. The van der Waals surface area contributed by atoms with Crippen molar-refractivity contribution in [2.24, 2.45) is 0 Å². The number of fused-ring (bicyclic) bond motifs is 1. The molecular weight excluding hydrogens is 398 g/mol. The molecule has 1 aromatic heterocycles. The van der Waals surface area contributed by atoms with Gasteiger partial charge in [-0.2, -0.15) is 0 Å². The van der Waals surface area contributed by atoms with Crippen molar-refractivity contribution in [3.8, 4) is 23.0 Å². The van der Waals surface area contributed by atoms with E-state index in [4.69, 9.17) is 23.5 Å². The largest absolute Gasteiger partial charge is 0.496 e. The van der Waals surface area contributed by atoms with Crippen LogP contribution in [0, 0.1) is 0 Å². The summed E-state index contributed by atoms with van der Waals surface area (Å²) in [7, 11) is 4.68. The van der Waals surface area contributed by atoms with Gasteiger partial charge < -0.3 is 23.5 Å². The summed E-state index contributed by atoms with van der Waals surface area (Å²) in [6.07, 6.45) is 0.557. The smallest absolute Gasteiger partial charge is 0.343 e. The first-order valence-electron chi connectivity index (χ1n) is 9.57. The summed E-state index contributed by atoms with van der Waals surface area (Å²) in [6, 6.07) is 17.8. The molecule has 7 nitrogen and oxygen atoms in total. The topological polar surface area (TPSA) is 80.0 Å². The monoisotopic (exact) mass is 419 g/mol. The maximum absolute atomic E-state index is 12.6. The van der Waals surface area contributed by atoms with Crippen LogP contribution in [0.25, 0.3) is 11.0 Å². The summed E-state index contributed by atoms with van der Waals surface area (Å²) < 4.78 is 26.8. The third kappa shape index (κ3) is 4.16. The van der Waals surface area contributed by atoms with Gasteiger partial charge in [0.1, 0.15) is 11.5 Å². The summed E-state index contributed by atoms with van der Waals surface area (Å²) in [5.41, 5.74) is 2.65. The SMILES string of the molecule is COc1ccccc1Cc1noc2cc(OC(=O)c3ccc(OC)c(OC)c3)ccc12.